The lowest BCUT2D eigenvalue weighted by atomic mass is 10.2. The number of hydrogen-bond acceptors (Lipinski definition) is 4. The monoisotopic (exact) mass is 243 g/mol. The lowest BCUT2D eigenvalue weighted by molar-refractivity contribution is -0.386. The Bertz CT molecular complexity index is 448. The summed E-state index contributed by atoms with van der Waals surface area (Å²) in [7, 11) is 0. The molecule has 0 aliphatic heterocycles. The summed E-state index contributed by atoms with van der Waals surface area (Å²) in [5, 5.41) is 19.4. The molecule has 0 bridgehead atoms. The summed E-state index contributed by atoms with van der Waals surface area (Å²) in [6.45, 7) is 1.56. The van der Waals surface area contributed by atoms with Gasteiger partial charge in [0.15, 0.2) is 11.9 Å². The van der Waals surface area contributed by atoms with Gasteiger partial charge in [-0.05, 0) is 18.6 Å². The van der Waals surface area contributed by atoms with Crippen LogP contribution in [0.2, 0.25) is 0 Å². The molecule has 6 nitrogen and oxygen atoms in total. The van der Waals surface area contributed by atoms with E-state index >= 15 is 0 Å². The van der Waals surface area contributed by atoms with Crippen LogP contribution in [0.3, 0.4) is 0 Å². The Hall–Kier alpha value is -2.18. The zero-order valence-electron chi connectivity index (χ0n) is 8.92. The number of carboxylic acid groups (broad SMARTS) is 1. The van der Waals surface area contributed by atoms with Gasteiger partial charge < -0.3 is 9.84 Å². The van der Waals surface area contributed by atoms with Crippen LogP contribution < -0.4 is 4.74 Å². The first kappa shape index (κ1) is 12.9. The normalized spacial score (nSPS) is 11.9. The molecule has 0 aliphatic carbocycles. The van der Waals surface area contributed by atoms with Gasteiger partial charge in [0.2, 0.25) is 0 Å². The highest BCUT2D eigenvalue weighted by Crippen LogP contribution is 2.28. The first-order valence-corrected chi connectivity index (χ1v) is 4.79. The van der Waals surface area contributed by atoms with Crippen LogP contribution in [0.15, 0.2) is 18.2 Å². The van der Waals surface area contributed by atoms with E-state index in [0.717, 1.165) is 12.1 Å². The maximum absolute atomic E-state index is 12.8. The van der Waals surface area contributed by atoms with Crippen molar-refractivity contribution in [1.82, 2.24) is 0 Å². The summed E-state index contributed by atoms with van der Waals surface area (Å²) >= 11 is 0. The summed E-state index contributed by atoms with van der Waals surface area (Å²) in [5.41, 5.74) is -0.593. The van der Waals surface area contributed by atoms with Crippen LogP contribution in [0.1, 0.15) is 13.3 Å². The first-order chi connectivity index (χ1) is 7.95. The fraction of sp³-hybridized carbons (Fsp3) is 0.300. The second-order valence-corrected chi connectivity index (χ2v) is 3.22. The molecule has 0 saturated heterocycles. The molecule has 0 heterocycles. The molecule has 1 atom stereocenters. The number of nitro groups is 1. The number of ether oxygens (including phenoxy) is 1. The van der Waals surface area contributed by atoms with Crippen molar-refractivity contribution in [2.75, 3.05) is 0 Å². The maximum Gasteiger partial charge on any atom is 0.344 e. The van der Waals surface area contributed by atoms with E-state index in [-0.39, 0.29) is 12.2 Å². The van der Waals surface area contributed by atoms with Gasteiger partial charge in [-0.15, -0.1) is 0 Å². The molecule has 0 aliphatic rings. The Balaban J connectivity index is 3.05. The molecular formula is C10H10FNO5. The topological polar surface area (TPSA) is 89.7 Å². The SMILES string of the molecule is CCC(Oc1ccc(F)cc1[N+](=O)[O-])C(=O)O. The average molecular weight is 243 g/mol. The highest BCUT2D eigenvalue weighted by atomic mass is 19.1. The zero-order chi connectivity index (χ0) is 13.0. The van der Waals surface area contributed by atoms with E-state index in [1.165, 1.54) is 0 Å². The number of carboxylic acids is 1. The Morgan fingerprint density at radius 1 is 1.65 bits per heavy atom. The lowest BCUT2D eigenvalue weighted by Gasteiger charge is -2.12. The van der Waals surface area contributed by atoms with Crippen LogP contribution in [-0.4, -0.2) is 22.1 Å². The van der Waals surface area contributed by atoms with E-state index in [9.17, 15) is 19.3 Å². The molecule has 0 radical (unpaired) electrons. The Morgan fingerprint density at radius 2 is 2.29 bits per heavy atom. The summed E-state index contributed by atoms with van der Waals surface area (Å²) < 4.78 is 17.8. The average Bonchev–Trinajstić information content (AvgIpc) is 2.26. The van der Waals surface area contributed by atoms with E-state index in [1.807, 2.05) is 0 Å². The molecule has 1 aromatic carbocycles. The predicted octanol–water partition coefficient (Wildman–Crippen LogP) is 1.98. The smallest absolute Gasteiger partial charge is 0.344 e. The van der Waals surface area contributed by atoms with E-state index < -0.39 is 28.5 Å². The second-order valence-electron chi connectivity index (χ2n) is 3.22. The van der Waals surface area contributed by atoms with Crippen molar-refractivity contribution in [3.63, 3.8) is 0 Å². The van der Waals surface area contributed by atoms with Crippen LogP contribution in [0.5, 0.6) is 5.75 Å². The Labute approximate surface area is 95.8 Å². The number of carbonyl (C=O) groups is 1. The van der Waals surface area contributed by atoms with Crippen LogP contribution in [-0.2, 0) is 4.79 Å². The predicted molar refractivity (Wildman–Crippen MR) is 55.4 cm³/mol. The number of nitrogens with zero attached hydrogens (tertiary/aromatic N) is 1. The third kappa shape index (κ3) is 3.13. The molecule has 92 valence electrons. The third-order valence-electron chi connectivity index (χ3n) is 2.03. The summed E-state index contributed by atoms with van der Waals surface area (Å²) in [5.74, 6) is -2.27. The number of hydrogen-bond donors (Lipinski definition) is 1. The lowest BCUT2D eigenvalue weighted by Crippen LogP contribution is -2.26. The van der Waals surface area contributed by atoms with Gasteiger partial charge in [0, 0.05) is 0 Å². The first-order valence-electron chi connectivity index (χ1n) is 4.79. The minimum absolute atomic E-state index is 0.143. The minimum atomic E-state index is -1.23. The molecular weight excluding hydrogens is 233 g/mol. The van der Waals surface area contributed by atoms with Crippen molar-refractivity contribution in [2.45, 2.75) is 19.4 Å². The van der Waals surface area contributed by atoms with Gasteiger partial charge in [-0.25, -0.2) is 9.18 Å². The minimum Gasteiger partial charge on any atom is -0.479 e. The number of rotatable bonds is 5. The highest BCUT2D eigenvalue weighted by molar-refractivity contribution is 5.72. The van der Waals surface area contributed by atoms with E-state index in [0.29, 0.717) is 6.07 Å². The van der Waals surface area contributed by atoms with Gasteiger partial charge in [0.1, 0.15) is 5.82 Å². The number of halogens is 1. The van der Waals surface area contributed by atoms with Crippen molar-refractivity contribution < 1.29 is 24.0 Å². The fourth-order valence-electron chi connectivity index (χ4n) is 1.19. The van der Waals surface area contributed by atoms with Gasteiger partial charge in [-0.1, -0.05) is 6.92 Å². The van der Waals surface area contributed by atoms with Crippen molar-refractivity contribution in [1.29, 1.82) is 0 Å². The molecule has 0 saturated carbocycles. The van der Waals surface area contributed by atoms with Crippen molar-refractivity contribution in [2.24, 2.45) is 0 Å². The van der Waals surface area contributed by atoms with Gasteiger partial charge in [-0.2, -0.15) is 0 Å². The molecule has 1 N–H and O–H groups in total. The van der Waals surface area contributed by atoms with Crippen LogP contribution >= 0.6 is 0 Å². The highest BCUT2D eigenvalue weighted by Gasteiger charge is 2.23. The Morgan fingerprint density at radius 3 is 2.76 bits per heavy atom. The molecule has 17 heavy (non-hydrogen) atoms. The largest absolute Gasteiger partial charge is 0.479 e. The van der Waals surface area contributed by atoms with Gasteiger partial charge >= 0.3 is 11.7 Å². The Kier molecular flexibility index (Phi) is 3.97. The number of nitro benzene ring substituents is 1. The number of aliphatic carboxylic acids is 1. The van der Waals surface area contributed by atoms with E-state index in [4.69, 9.17) is 9.84 Å². The van der Waals surface area contributed by atoms with E-state index in [2.05, 4.69) is 0 Å². The summed E-state index contributed by atoms with van der Waals surface area (Å²) in [6.07, 6.45) is -1.05. The molecule has 0 amide bonds. The van der Waals surface area contributed by atoms with Crippen LogP contribution in [0.25, 0.3) is 0 Å². The zero-order valence-corrected chi connectivity index (χ0v) is 8.92. The standard InChI is InChI=1S/C10H10FNO5/c1-2-8(10(13)14)17-9-4-3-6(11)5-7(9)12(15)16/h3-5,8H,2H2,1H3,(H,13,14). The van der Waals surface area contributed by atoms with Crippen molar-refractivity contribution >= 4 is 11.7 Å². The molecule has 0 spiro atoms. The molecule has 7 heteroatoms. The van der Waals surface area contributed by atoms with Crippen molar-refractivity contribution in [3.8, 4) is 5.75 Å². The third-order valence-corrected chi connectivity index (χ3v) is 2.03. The van der Waals surface area contributed by atoms with Crippen LogP contribution in [0.4, 0.5) is 10.1 Å². The fourth-order valence-corrected chi connectivity index (χ4v) is 1.19. The maximum atomic E-state index is 12.8. The molecule has 0 aromatic heterocycles. The summed E-state index contributed by atoms with van der Waals surface area (Å²) in [4.78, 5) is 20.5. The number of benzene rings is 1. The second kappa shape index (κ2) is 5.24. The van der Waals surface area contributed by atoms with Gasteiger partial charge in [0.25, 0.3) is 0 Å². The molecule has 1 rings (SSSR count). The van der Waals surface area contributed by atoms with Crippen molar-refractivity contribution in [3.05, 3.63) is 34.1 Å². The van der Waals surface area contributed by atoms with E-state index in [1.54, 1.807) is 6.92 Å². The molecule has 1 aromatic rings. The quantitative estimate of drug-likeness (QED) is 0.630. The van der Waals surface area contributed by atoms with Crippen LogP contribution in [0, 0.1) is 15.9 Å². The summed E-state index contributed by atoms with van der Waals surface area (Å²) in [6, 6.07) is 2.69. The van der Waals surface area contributed by atoms with Gasteiger partial charge in [0.05, 0.1) is 11.0 Å². The molecule has 1 unspecified atom stereocenters. The van der Waals surface area contributed by atoms with Gasteiger partial charge in [-0.3, -0.25) is 10.1 Å². The molecule has 0 fully saturated rings.